The molecule has 0 aromatic rings. The van der Waals surface area contributed by atoms with Gasteiger partial charge in [-0.25, -0.2) is 0 Å². The standard InChI is InChI=1S/C10H18O4/c1-4-6-8(9(11)12)7(3)10(13)14-5-2/h7-8H,4-6H2,1-3H3,(H,11,12). The number of esters is 1. The van der Waals surface area contributed by atoms with Crippen molar-refractivity contribution in [2.75, 3.05) is 6.61 Å². The first-order chi connectivity index (χ1) is 6.54. The average molecular weight is 202 g/mol. The molecule has 0 bridgehead atoms. The molecule has 0 amide bonds. The average Bonchev–Trinajstić information content (AvgIpc) is 2.13. The van der Waals surface area contributed by atoms with Crippen molar-refractivity contribution in [1.29, 1.82) is 0 Å². The van der Waals surface area contributed by atoms with Crippen molar-refractivity contribution >= 4 is 11.9 Å². The van der Waals surface area contributed by atoms with Crippen LogP contribution in [-0.4, -0.2) is 23.7 Å². The topological polar surface area (TPSA) is 63.6 Å². The van der Waals surface area contributed by atoms with Crippen molar-refractivity contribution in [2.24, 2.45) is 11.8 Å². The Morgan fingerprint density at radius 3 is 2.29 bits per heavy atom. The lowest BCUT2D eigenvalue weighted by molar-refractivity contribution is -0.156. The van der Waals surface area contributed by atoms with Gasteiger partial charge >= 0.3 is 11.9 Å². The summed E-state index contributed by atoms with van der Waals surface area (Å²) in [6.07, 6.45) is 1.26. The molecule has 2 atom stereocenters. The van der Waals surface area contributed by atoms with Crippen molar-refractivity contribution in [1.82, 2.24) is 0 Å². The van der Waals surface area contributed by atoms with E-state index in [0.29, 0.717) is 13.0 Å². The zero-order valence-corrected chi connectivity index (χ0v) is 8.95. The fourth-order valence-electron chi connectivity index (χ4n) is 1.34. The molecule has 0 aromatic carbocycles. The highest BCUT2D eigenvalue weighted by atomic mass is 16.5. The van der Waals surface area contributed by atoms with Gasteiger partial charge in [0, 0.05) is 0 Å². The van der Waals surface area contributed by atoms with E-state index >= 15 is 0 Å². The zero-order chi connectivity index (χ0) is 11.1. The van der Waals surface area contributed by atoms with Crippen LogP contribution >= 0.6 is 0 Å². The Morgan fingerprint density at radius 2 is 1.93 bits per heavy atom. The van der Waals surface area contributed by atoms with Gasteiger partial charge in [0.25, 0.3) is 0 Å². The van der Waals surface area contributed by atoms with E-state index in [-0.39, 0.29) is 0 Å². The van der Waals surface area contributed by atoms with Crippen LogP contribution in [0.25, 0.3) is 0 Å². The van der Waals surface area contributed by atoms with Crippen LogP contribution in [0.1, 0.15) is 33.6 Å². The monoisotopic (exact) mass is 202 g/mol. The van der Waals surface area contributed by atoms with Crippen LogP contribution < -0.4 is 0 Å². The van der Waals surface area contributed by atoms with E-state index in [1.54, 1.807) is 13.8 Å². The summed E-state index contributed by atoms with van der Waals surface area (Å²) in [5.41, 5.74) is 0. The van der Waals surface area contributed by atoms with Crippen molar-refractivity contribution in [3.8, 4) is 0 Å². The van der Waals surface area contributed by atoms with Gasteiger partial charge in [0.05, 0.1) is 18.4 Å². The molecule has 0 saturated heterocycles. The van der Waals surface area contributed by atoms with E-state index in [9.17, 15) is 9.59 Å². The third-order valence-electron chi connectivity index (χ3n) is 2.18. The first kappa shape index (κ1) is 12.9. The minimum atomic E-state index is -0.924. The fraction of sp³-hybridized carbons (Fsp3) is 0.800. The number of hydrogen-bond acceptors (Lipinski definition) is 3. The molecule has 0 aromatic heterocycles. The van der Waals surface area contributed by atoms with Gasteiger partial charge in [-0.3, -0.25) is 9.59 Å². The highest BCUT2D eigenvalue weighted by Crippen LogP contribution is 2.19. The number of ether oxygens (including phenoxy) is 1. The highest BCUT2D eigenvalue weighted by Gasteiger charge is 2.29. The fourth-order valence-corrected chi connectivity index (χ4v) is 1.34. The minimum absolute atomic E-state index is 0.293. The lowest BCUT2D eigenvalue weighted by Gasteiger charge is -2.17. The zero-order valence-electron chi connectivity index (χ0n) is 8.95. The number of carboxylic acid groups (broad SMARTS) is 1. The second kappa shape index (κ2) is 6.40. The number of carbonyl (C=O) groups is 2. The Hall–Kier alpha value is -1.06. The van der Waals surface area contributed by atoms with Crippen LogP contribution in [0.3, 0.4) is 0 Å². The summed E-state index contributed by atoms with van der Waals surface area (Å²) in [4.78, 5) is 22.1. The number of carboxylic acids is 1. The highest BCUT2D eigenvalue weighted by molar-refractivity contribution is 5.80. The van der Waals surface area contributed by atoms with Gasteiger partial charge in [-0.2, -0.15) is 0 Å². The molecule has 0 spiro atoms. The Labute approximate surface area is 84.3 Å². The Kier molecular flexibility index (Phi) is 5.92. The SMILES string of the molecule is CCCC(C(=O)O)C(C)C(=O)OCC. The molecular weight excluding hydrogens is 184 g/mol. The van der Waals surface area contributed by atoms with Gasteiger partial charge in [-0.15, -0.1) is 0 Å². The third-order valence-corrected chi connectivity index (χ3v) is 2.18. The van der Waals surface area contributed by atoms with Gasteiger partial charge in [0.1, 0.15) is 0 Å². The summed E-state index contributed by atoms with van der Waals surface area (Å²) in [5, 5.41) is 8.88. The predicted octanol–water partition coefficient (Wildman–Crippen LogP) is 1.69. The number of aliphatic carboxylic acids is 1. The van der Waals surface area contributed by atoms with Gasteiger partial charge in [0.2, 0.25) is 0 Å². The maximum Gasteiger partial charge on any atom is 0.309 e. The first-order valence-corrected chi connectivity index (χ1v) is 4.94. The Balaban J connectivity index is 4.34. The molecule has 0 rings (SSSR count). The molecule has 0 aliphatic heterocycles. The number of rotatable bonds is 6. The summed E-state index contributed by atoms with van der Waals surface area (Å²) in [6.45, 7) is 5.50. The van der Waals surface area contributed by atoms with E-state index < -0.39 is 23.8 Å². The van der Waals surface area contributed by atoms with Gasteiger partial charge < -0.3 is 9.84 Å². The van der Waals surface area contributed by atoms with Crippen molar-refractivity contribution < 1.29 is 19.4 Å². The summed E-state index contributed by atoms with van der Waals surface area (Å²) < 4.78 is 4.78. The molecule has 4 nitrogen and oxygen atoms in total. The van der Waals surface area contributed by atoms with Crippen LogP contribution in [0.5, 0.6) is 0 Å². The minimum Gasteiger partial charge on any atom is -0.481 e. The summed E-state index contributed by atoms with van der Waals surface area (Å²) in [7, 11) is 0. The lowest BCUT2D eigenvalue weighted by Crippen LogP contribution is -2.29. The van der Waals surface area contributed by atoms with Crippen molar-refractivity contribution in [2.45, 2.75) is 33.6 Å². The van der Waals surface area contributed by atoms with Gasteiger partial charge in [-0.05, 0) is 13.3 Å². The predicted molar refractivity (Wildman–Crippen MR) is 51.8 cm³/mol. The molecule has 0 saturated carbocycles. The smallest absolute Gasteiger partial charge is 0.309 e. The molecule has 0 radical (unpaired) electrons. The maximum absolute atomic E-state index is 11.3. The molecular formula is C10H18O4. The molecule has 14 heavy (non-hydrogen) atoms. The second-order valence-corrected chi connectivity index (χ2v) is 3.27. The van der Waals surface area contributed by atoms with Crippen LogP contribution in [0.15, 0.2) is 0 Å². The molecule has 0 fully saturated rings. The van der Waals surface area contributed by atoms with Gasteiger partial charge in [0.15, 0.2) is 0 Å². The second-order valence-electron chi connectivity index (χ2n) is 3.27. The van der Waals surface area contributed by atoms with E-state index in [1.165, 1.54) is 0 Å². The number of hydrogen-bond donors (Lipinski definition) is 1. The maximum atomic E-state index is 11.3. The summed E-state index contributed by atoms with van der Waals surface area (Å²) >= 11 is 0. The third kappa shape index (κ3) is 3.77. The quantitative estimate of drug-likeness (QED) is 0.666. The normalized spacial score (nSPS) is 14.5. The number of carbonyl (C=O) groups excluding carboxylic acids is 1. The molecule has 0 aliphatic carbocycles. The van der Waals surface area contributed by atoms with E-state index in [1.807, 2.05) is 6.92 Å². The van der Waals surface area contributed by atoms with Crippen molar-refractivity contribution in [3.05, 3.63) is 0 Å². The molecule has 4 heteroatoms. The molecule has 1 N–H and O–H groups in total. The van der Waals surface area contributed by atoms with Crippen molar-refractivity contribution in [3.63, 3.8) is 0 Å². The van der Waals surface area contributed by atoms with E-state index in [0.717, 1.165) is 6.42 Å². The van der Waals surface area contributed by atoms with Crippen LogP contribution in [-0.2, 0) is 14.3 Å². The Morgan fingerprint density at radius 1 is 1.36 bits per heavy atom. The van der Waals surface area contributed by atoms with Crippen LogP contribution in [0.4, 0.5) is 0 Å². The Bertz CT molecular complexity index is 200. The molecule has 0 aliphatic rings. The summed E-state index contributed by atoms with van der Waals surface area (Å²) in [5.74, 6) is -2.53. The summed E-state index contributed by atoms with van der Waals surface area (Å²) in [6, 6.07) is 0. The molecule has 82 valence electrons. The largest absolute Gasteiger partial charge is 0.481 e. The van der Waals surface area contributed by atoms with E-state index in [2.05, 4.69) is 0 Å². The molecule has 2 unspecified atom stereocenters. The van der Waals surface area contributed by atoms with Crippen LogP contribution in [0, 0.1) is 11.8 Å². The molecule has 0 heterocycles. The van der Waals surface area contributed by atoms with Gasteiger partial charge in [-0.1, -0.05) is 20.3 Å². The lowest BCUT2D eigenvalue weighted by atomic mass is 9.90. The first-order valence-electron chi connectivity index (χ1n) is 4.94. The van der Waals surface area contributed by atoms with E-state index in [4.69, 9.17) is 9.84 Å². The van der Waals surface area contributed by atoms with Crippen LogP contribution in [0.2, 0.25) is 0 Å².